The first-order valence-electron chi connectivity index (χ1n) is 10.4. The maximum absolute atomic E-state index is 10.8. The maximum atomic E-state index is 10.8. The third-order valence-electron chi connectivity index (χ3n) is 3.74. The first kappa shape index (κ1) is 44.9. The normalized spacial score (nSPS) is 9.28. The van der Waals surface area contributed by atoms with Crippen molar-refractivity contribution in [3.05, 3.63) is 90.5 Å². The number of hydrogen-bond acceptors (Lipinski definition) is 4. The van der Waals surface area contributed by atoms with Gasteiger partial charge in [-0.3, -0.25) is 14.4 Å². The lowest BCUT2D eigenvalue weighted by molar-refractivity contribution is -0.134. The molecule has 0 aromatic heterocycles. The van der Waals surface area contributed by atoms with Crippen LogP contribution < -0.4 is 16.4 Å². The molecule has 1 aliphatic rings. The largest absolute Gasteiger partial charge is 0.643 e. The molecule has 3 aromatic carbocycles. The topological polar surface area (TPSA) is 122 Å². The summed E-state index contributed by atoms with van der Waals surface area (Å²) in [7, 11) is 14.8. The first-order valence-corrected chi connectivity index (χ1v) is 16.7. The Labute approximate surface area is 269 Å². The molecule has 3 aromatic rings. The summed E-state index contributed by atoms with van der Waals surface area (Å²) < 4.78 is 0. The van der Waals surface area contributed by atoms with E-state index in [9.17, 15) is 14.4 Å². The standard InChI is InChI=1S/C8H8ClNO.C8H7NO.C6H7N.C2H3ClO2.3CH4.Al.3ClH.3H2/c9-6-8(11)10-7-4-2-1-3-5-7;10-8-5-6-3-1-2-4-7(6)9-8;7-6-4-2-1-3-5-6;3-1-2(4)5;;;;;;;;;;/h1-5H,6H2,(H,10,11);1-4H,5H2,(H,9,10);1-5H,7H2;1H2,(H,4,5);3*1H4;;6*1H/q;;;;;;;+3;;;;;;/p-3/i;;;;;;;;;;;3*1+1. The minimum absolute atomic E-state index is 0. The number of halogens is 5. The van der Waals surface area contributed by atoms with Gasteiger partial charge in [-0.2, -0.15) is 0 Å². The highest BCUT2D eigenvalue weighted by Crippen LogP contribution is 2.21. The average Bonchev–Trinajstić information content (AvgIpc) is 3.26. The molecule has 1 heterocycles. The van der Waals surface area contributed by atoms with Crippen molar-refractivity contribution < 1.29 is 23.8 Å². The molecule has 4 rings (SSSR count). The number of nitrogen functional groups attached to an aromatic ring is 1. The van der Waals surface area contributed by atoms with Gasteiger partial charge in [0, 0.05) is 21.3 Å². The van der Waals surface area contributed by atoms with E-state index in [2.05, 4.69) is 10.6 Å². The van der Waals surface area contributed by atoms with Gasteiger partial charge in [-0.15, -0.1) is 23.2 Å². The zero-order valence-electron chi connectivity index (χ0n) is 19.4. The minimum Gasteiger partial charge on any atom is -0.480 e. The molecule has 0 saturated heterocycles. The van der Waals surface area contributed by atoms with Crippen LogP contribution >= 0.6 is 53.3 Å². The number of carbonyl (C=O) groups is 3. The molecule has 40 heavy (non-hydrogen) atoms. The van der Waals surface area contributed by atoms with Gasteiger partial charge in [-0.05, 0) is 35.9 Å². The molecule has 7 nitrogen and oxygen atoms in total. The molecule has 0 saturated carbocycles. The van der Waals surface area contributed by atoms with Crippen LogP contribution in [0.4, 0.5) is 17.1 Å². The Balaban J connectivity index is -0.0000000759. The molecule has 5 N–H and O–H groups in total. The SMILES string of the molecule is C.C.C.Nc1ccccc1.O=C(CCl)Nc1ccccc1.O=C(O)CCl.O=C1Cc2ccccc2N1.[2HH].[2HH].[2HH].[Cl][Al]([Cl])[Cl]. The fourth-order valence-corrected chi connectivity index (χ4v) is 2.40. The molecule has 2 amide bonds. The van der Waals surface area contributed by atoms with Crippen molar-refractivity contribution in [1.82, 2.24) is 0 Å². The summed E-state index contributed by atoms with van der Waals surface area (Å²) >= 11 is 8.30. The van der Waals surface area contributed by atoms with Crippen LogP contribution in [0.15, 0.2) is 84.9 Å². The van der Waals surface area contributed by atoms with Crippen molar-refractivity contribution in [2.75, 3.05) is 28.1 Å². The predicted molar refractivity (Wildman–Crippen MR) is 184 cm³/mol. The summed E-state index contributed by atoms with van der Waals surface area (Å²) in [5.74, 6) is -1.37. The number of fused-ring (bicyclic) bond motifs is 1. The first-order chi connectivity index (χ1) is 17.6. The summed E-state index contributed by atoms with van der Waals surface area (Å²) in [6, 6.07) is 26.4. The van der Waals surface area contributed by atoms with E-state index in [0.29, 0.717) is 6.42 Å². The summed E-state index contributed by atoms with van der Waals surface area (Å²) in [6.45, 7) is 0. The number of carbonyl (C=O) groups excluding carboxylic acids is 2. The Morgan fingerprint density at radius 3 is 1.65 bits per heavy atom. The number of hydrogen-bond donors (Lipinski definition) is 4. The van der Waals surface area contributed by atoms with E-state index < -0.39 is 17.4 Å². The fraction of sp³-hybridized carbons (Fsp3) is 0.222. The van der Waals surface area contributed by atoms with Gasteiger partial charge in [0.1, 0.15) is 11.8 Å². The third-order valence-corrected chi connectivity index (χ3v) is 4.21. The van der Waals surface area contributed by atoms with E-state index in [1.165, 1.54) is 0 Å². The Morgan fingerprint density at radius 1 is 0.850 bits per heavy atom. The monoisotopic (exact) mass is 678 g/mol. The van der Waals surface area contributed by atoms with E-state index >= 15 is 0 Å². The number of carboxylic acid groups (broad SMARTS) is 1. The molecule has 228 valence electrons. The Bertz CT molecular complexity index is 1050. The zero-order chi connectivity index (χ0) is 28.1. The van der Waals surface area contributed by atoms with Crippen LogP contribution in [-0.4, -0.2) is 46.0 Å². The van der Waals surface area contributed by atoms with Crippen LogP contribution in [0.25, 0.3) is 0 Å². The molecular weight excluding hydrogens is 635 g/mol. The van der Waals surface area contributed by atoms with E-state index in [1.54, 1.807) is 0 Å². The summed E-state index contributed by atoms with van der Waals surface area (Å²) in [5, 5.41) is 13.0. The van der Waals surface area contributed by atoms with Gasteiger partial charge in [0.2, 0.25) is 11.8 Å². The van der Waals surface area contributed by atoms with Crippen LogP contribution in [0.3, 0.4) is 0 Å². The quantitative estimate of drug-likeness (QED) is 0.125. The molecule has 0 spiro atoms. The van der Waals surface area contributed by atoms with Gasteiger partial charge < -0.3 is 21.5 Å². The van der Waals surface area contributed by atoms with E-state index in [-0.39, 0.29) is 50.1 Å². The molecular formula is C27H43AlCl5N3O4. The number of para-hydroxylation sites is 3. The molecule has 0 fully saturated rings. The van der Waals surface area contributed by atoms with Crippen LogP contribution in [0.5, 0.6) is 0 Å². The zero-order valence-corrected chi connectivity index (χ0v) is 24.4. The highest BCUT2D eigenvalue weighted by molar-refractivity contribution is 7.54. The number of rotatable bonds is 3. The van der Waals surface area contributed by atoms with Gasteiger partial charge in [-0.1, -0.05) is 76.9 Å². The third kappa shape index (κ3) is 26.1. The Hall–Kier alpha value is -2.15. The number of anilines is 3. The minimum atomic E-state index is -1.72. The Morgan fingerprint density at radius 2 is 1.27 bits per heavy atom. The second-order valence-electron chi connectivity index (χ2n) is 6.62. The summed E-state index contributed by atoms with van der Waals surface area (Å²) in [4.78, 5) is 30.8. The fourth-order valence-electron chi connectivity index (χ4n) is 2.33. The second kappa shape index (κ2) is 28.4. The van der Waals surface area contributed by atoms with Crippen LogP contribution in [0.2, 0.25) is 0 Å². The molecule has 13 heteroatoms. The molecule has 0 bridgehead atoms. The molecule has 0 radical (unpaired) electrons. The lowest BCUT2D eigenvalue weighted by Gasteiger charge is -2.00. The van der Waals surface area contributed by atoms with Crippen LogP contribution in [0.1, 0.15) is 32.1 Å². The summed E-state index contributed by atoms with van der Waals surface area (Å²) in [5.41, 5.74) is 9.03. The number of nitrogens with two attached hydrogens (primary N) is 1. The van der Waals surface area contributed by atoms with Gasteiger partial charge in [0.05, 0.1) is 6.42 Å². The Kier molecular flexibility index (Phi) is 31.8. The molecule has 0 atom stereocenters. The number of benzene rings is 3. The number of amides is 2. The van der Waals surface area contributed by atoms with Gasteiger partial charge in [-0.25, -0.2) is 30.1 Å². The number of aliphatic carboxylic acids is 1. The van der Waals surface area contributed by atoms with Crippen molar-refractivity contribution in [3.8, 4) is 0 Å². The number of carboxylic acids is 1. The number of nitrogens with one attached hydrogen (secondary N) is 2. The average molecular weight is 681 g/mol. The molecule has 0 aliphatic carbocycles. The smallest absolute Gasteiger partial charge is 0.480 e. The molecule has 0 unspecified atom stereocenters. The van der Waals surface area contributed by atoms with Gasteiger partial charge in [0.15, 0.2) is 0 Å². The van der Waals surface area contributed by atoms with E-state index in [1.807, 2.05) is 84.9 Å². The van der Waals surface area contributed by atoms with Crippen molar-refractivity contribution in [2.45, 2.75) is 28.7 Å². The van der Waals surface area contributed by atoms with Crippen LogP contribution in [0, 0.1) is 0 Å². The van der Waals surface area contributed by atoms with Crippen molar-refractivity contribution in [2.24, 2.45) is 0 Å². The van der Waals surface area contributed by atoms with Crippen molar-refractivity contribution >= 4 is 99.6 Å². The van der Waals surface area contributed by atoms with Gasteiger partial charge >= 0.3 is 17.4 Å². The maximum Gasteiger partial charge on any atom is 0.643 e. The van der Waals surface area contributed by atoms with E-state index in [4.69, 9.17) is 64.2 Å². The second-order valence-corrected chi connectivity index (χ2v) is 13.6. The van der Waals surface area contributed by atoms with Crippen LogP contribution in [-0.2, 0) is 20.8 Å². The highest BCUT2D eigenvalue weighted by Gasteiger charge is 2.15. The van der Waals surface area contributed by atoms with Crippen molar-refractivity contribution in [3.63, 3.8) is 0 Å². The highest BCUT2D eigenvalue weighted by atomic mass is 35.8. The van der Waals surface area contributed by atoms with Gasteiger partial charge in [0.25, 0.3) is 0 Å². The molecule has 1 aliphatic heterocycles. The summed E-state index contributed by atoms with van der Waals surface area (Å²) in [6.07, 6.45) is 0.538. The lowest BCUT2D eigenvalue weighted by Crippen LogP contribution is -2.12. The lowest BCUT2D eigenvalue weighted by atomic mass is 10.2. The number of alkyl halides is 2. The van der Waals surface area contributed by atoms with Crippen molar-refractivity contribution in [1.29, 1.82) is 0 Å². The van der Waals surface area contributed by atoms with E-state index in [0.717, 1.165) is 22.6 Å². The predicted octanol–water partition coefficient (Wildman–Crippen LogP) is 8.96.